The third-order valence-electron chi connectivity index (χ3n) is 7.83. The van der Waals surface area contributed by atoms with Crippen LogP contribution in [0.25, 0.3) is 21.8 Å². The van der Waals surface area contributed by atoms with E-state index in [0.29, 0.717) is 43.1 Å². The molecule has 0 bridgehead atoms. The van der Waals surface area contributed by atoms with Crippen molar-refractivity contribution in [2.24, 2.45) is 12.2 Å². The zero-order valence-electron chi connectivity index (χ0n) is 25.3. The summed E-state index contributed by atoms with van der Waals surface area (Å²) in [5, 5.41) is 3.78. The largest absolute Gasteiger partial charge is 0.465 e. The summed E-state index contributed by atoms with van der Waals surface area (Å²) in [7, 11) is 3.07. The number of aromatic nitrogens is 2. The molecule has 0 saturated heterocycles. The monoisotopic (exact) mass is 585 g/mol. The van der Waals surface area contributed by atoms with Gasteiger partial charge in [-0.05, 0) is 54.1 Å². The molecule has 2 amide bonds. The summed E-state index contributed by atoms with van der Waals surface area (Å²) in [6.45, 7) is 5.92. The quantitative estimate of drug-likeness (QED) is 0.115. The van der Waals surface area contributed by atoms with Gasteiger partial charge in [-0.3, -0.25) is 9.59 Å². The Morgan fingerprint density at radius 1 is 1.09 bits per heavy atom. The Hall–Kier alpha value is -4.63. The molecule has 1 unspecified atom stereocenters. The Morgan fingerprint density at radius 3 is 2.44 bits per heavy atom. The predicted molar refractivity (Wildman–Crippen MR) is 164 cm³/mol. The number of imidazole rings is 1. The summed E-state index contributed by atoms with van der Waals surface area (Å²) >= 11 is 0. The van der Waals surface area contributed by atoms with Crippen LogP contribution in [0.4, 0.5) is 0 Å². The molecule has 2 heterocycles. The number of carbonyl (C=O) groups excluding carboxylic acids is 3. The molecule has 1 aliphatic rings. The summed E-state index contributed by atoms with van der Waals surface area (Å²) in [4.78, 5) is 51.6. The molecule has 3 aromatic rings. The second-order valence-electron chi connectivity index (χ2n) is 10.8. The van der Waals surface area contributed by atoms with Gasteiger partial charge in [0, 0.05) is 55.9 Å². The molecule has 1 atom stereocenters. The molecule has 43 heavy (non-hydrogen) atoms. The molecule has 0 aliphatic carbocycles. The second kappa shape index (κ2) is 14.5. The summed E-state index contributed by atoms with van der Waals surface area (Å²) < 4.78 is 6.68. The highest BCUT2D eigenvalue weighted by atomic mass is 16.5. The Labute approximate surface area is 252 Å². The van der Waals surface area contributed by atoms with Crippen molar-refractivity contribution < 1.29 is 19.1 Å². The molecule has 4 rings (SSSR count). The smallest absolute Gasteiger partial charge is 0.337 e. The third kappa shape index (κ3) is 7.06. The number of fused-ring (bicyclic) bond motifs is 1. The highest BCUT2D eigenvalue weighted by Crippen LogP contribution is 2.30. The first kappa shape index (κ1) is 31.3. The number of rotatable bonds is 12. The van der Waals surface area contributed by atoms with Crippen molar-refractivity contribution in [1.82, 2.24) is 19.4 Å². The lowest BCUT2D eigenvalue weighted by atomic mass is 9.92. The van der Waals surface area contributed by atoms with Gasteiger partial charge in [0.25, 0.3) is 11.8 Å². The van der Waals surface area contributed by atoms with Crippen LogP contribution in [-0.4, -0.2) is 69.9 Å². The average Bonchev–Trinajstić information content (AvgIpc) is 3.43. The van der Waals surface area contributed by atoms with Gasteiger partial charge in [0.2, 0.25) is 0 Å². The molecule has 11 nitrogen and oxygen atoms in total. The number of nitrogens with zero attached hydrogens (tertiary/aromatic N) is 7. The van der Waals surface area contributed by atoms with E-state index in [1.807, 2.05) is 29.2 Å². The molecule has 0 fully saturated rings. The molecule has 0 N–H and O–H groups in total. The van der Waals surface area contributed by atoms with Gasteiger partial charge in [0.05, 0.1) is 18.2 Å². The average molecular weight is 586 g/mol. The van der Waals surface area contributed by atoms with Gasteiger partial charge >= 0.3 is 5.97 Å². The van der Waals surface area contributed by atoms with Crippen LogP contribution in [0.2, 0.25) is 0 Å². The van der Waals surface area contributed by atoms with E-state index in [1.165, 1.54) is 13.2 Å². The second-order valence-corrected chi connectivity index (χ2v) is 10.8. The standard InChI is InChI=1S/C32H39N7O4/c1-5-7-15-38(16-8-6-2)31(41)28-21-37(3)29(35-28)26-14-13-23(32(42)43-4)18-27(26)30(40)39-20-24-12-10-9-11-22(24)17-25(39)19-34-36-33/h9-14,18,21,25H,5-8,15-17,19-20H2,1-4H3. The lowest BCUT2D eigenvalue weighted by molar-refractivity contribution is 0.0600. The summed E-state index contributed by atoms with van der Waals surface area (Å²) in [6.07, 6.45) is 5.97. The van der Waals surface area contributed by atoms with Gasteiger partial charge in [0.1, 0.15) is 11.5 Å². The molecule has 1 aromatic heterocycles. The maximum atomic E-state index is 14.4. The zero-order valence-corrected chi connectivity index (χ0v) is 25.3. The van der Waals surface area contributed by atoms with Crippen molar-refractivity contribution in [2.45, 2.75) is 58.5 Å². The van der Waals surface area contributed by atoms with Gasteiger partial charge < -0.3 is 19.1 Å². The van der Waals surface area contributed by atoms with Gasteiger partial charge in [0.15, 0.2) is 0 Å². The van der Waals surface area contributed by atoms with E-state index in [1.54, 1.807) is 34.8 Å². The van der Waals surface area contributed by atoms with E-state index in [9.17, 15) is 14.4 Å². The fourth-order valence-corrected chi connectivity index (χ4v) is 5.43. The van der Waals surface area contributed by atoms with Crippen molar-refractivity contribution in [3.63, 3.8) is 0 Å². The minimum absolute atomic E-state index is 0.106. The lowest BCUT2D eigenvalue weighted by Gasteiger charge is -2.36. The van der Waals surface area contributed by atoms with E-state index in [-0.39, 0.29) is 35.5 Å². The lowest BCUT2D eigenvalue weighted by Crippen LogP contribution is -2.46. The number of ether oxygens (including phenoxy) is 1. The van der Waals surface area contributed by atoms with E-state index >= 15 is 0 Å². The fourth-order valence-electron chi connectivity index (χ4n) is 5.43. The van der Waals surface area contributed by atoms with Crippen LogP contribution in [0.5, 0.6) is 0 Å². The SMILES string of the molecule is CCCCN(CCCC)C(=O)c1cn(C)c(-c2ccc(C(=O)OC)cc2C(=O)N2Cc3ccccc3CC2CN=[N+]=[N-])n1. The molecular formula is C32H39N7O4. The maximum Gasteiger partial charge on any atom is 0.337 e. The zero-order chi connectivity index (χ0) is 30.9. The number of carbonyl (C=O) groups is 3. The van der Waals surface area contributed by atoms with E-state index < -0.39 is 5.97 Å². The number of esters is 1. The van der Waals surface area contributed by atoms with Crippen LogP contribution >= 0.6 is 0 Å². The molecule has 0 saturated carbocycles. The highest BCUT2D eigenvalue weighted by Gasteiger charge is 2.32. The topological polar surface area (TPSA) is 134 Å². The Balaban J connectivity index is 1.77. The number of unbranched alkanes of at least 4 members (excludes halogenated alkanes) is 2. The first-order valence-corrected chi connectivity index (χ1v) is 14.8. The summed E-state index contributed by atoms with van der Waals surface area (Å²) in [5.74, 6) is -0.631. The Bertz CT molecular complexity index is 1520. The highest BCUT2D eigenvalue weighted by molar-refractivity contribution is 6.03. The van der Waals surface area contributed by atoms with Gasteiger partial charge in [-0.1, -0.05) is 56.1 Å². The molecule has 11 heteroatoms. The third-order valence-corrected chi connectivity index (χ3v) is 7.83. The number of benzene rings is 2. The number of hydrogen-bond donors (Lipinski definition) is 0. The Morgan fingerprint density at radius 2 is 1.79 bits per heavy atom. The minimum Gasteiger partial charge on any atom is -0.465 e. The molecule has 226 valence electrons. The number of methoxy groups -OCH3 is 1. The van der Waals surface area contributed by atoms with Gasteiger partial charge in [-0.25, -0.2) is 9.78 Å². The van der Waals surface area contributed by atoms with Gasteiger partial charge in [-0.2, -0.15) is 0 Å². The summed E-state index contributed by atoms with van der Waals surface area (Å²) in [5.41, 5.74) is 12.4. The predicted octanol–water partition coefficient (Wildman–Crippen LogP) is 5.79. The van der Waals surface area contributed by atoms with Crippen molar-refractivity contribution >= 4 is 17.8 Å². The van der Waals surface area contributed by atoms with Crippen LogP contribution in [0.15, 0.2) is 53.8 Å². The fraction of sp³-hybridized carbons (Fsp3) is 0.438. The first-order chi connectivity index (χ1) is 20.8. The van der Waals surface area contributed by atoms with Crippen molar-refractivity contribution in [3.8, 4) is 11.4 Å². The van der Waals surface area contributed by atoms with E-state index in [0.717, 1.165) is 36.8 Å². The van der Waals surface area contributed by atoms with Crippen LogP contribution in [0, 0.1) is 0 Å². The molecular weight excluding hydrogens is 546 g/mol. The van der Waals surface area contributed by atoms with Crippen LogP contribution in [0.1, 0.15) is 81.9 Å². The van der Waals surface area contributed by atoms with Crippen molar-refractivity contribution in [3.05, 3.63) is 87.1 Å². The molecule has 2 aromatic carbocycles. The maximum absolute atomic E-state index is 14.4. The number of amides is 2. The van der Waals surface area contributed by atoms with Crippen LogP contribution in [0.3, 0.4) is 0 Å². The molecule has 0 spiro atoms. The van der Waals surface area contributed by atoms with Crippen molar-refractivity contribution in [2.75, 3.05) is 26.7 Å². The Kier molecular flexibility index (Phi) is 10.6. The van der Waals surface area contributed by atoms with Crippen molar-refractivity contribution in [1.29, 1.82) is 0 Å². The van der Waals surface area contributed by atoms with Gasteiger partial charge in [-0.15, -0.1) is 0 Å². The molecule has 0 radical (unpaired) electrons. The number of aryl methyl sites for hydroxylation is 1. The van der Waals surface area contributed by atoms with E-state index in [2.05, 4.69) is 23.9 Å². The van der Waals surface area contributed by atoms with Crippen LogP contribution < -0.4 is 0 Å². The molecule has 1 aliphatic heterocycles. The normalized spacial score (nSPS) is 14.0. The van der Waals surface area contributed by atoms with Crippen LogP contribution in [-0.2, 0) is 24.8 Å². The number of hydrogen-bond acceptors (Lipinski definition) is 6. The first-order valence-electron chi connectivity index (χ1n) is 14.8. The minimum atomic E-state index is -0.576. The number of azide groups is 1. The van der Waals surface area contributed by atoms with E-state index in [4.69, 9.17) is 15.3 Å². The summed E-state index contributed by atoms with van der Waals surface area (Å²) in [6, 6.07) is 12.3.